The van der Waals surface area contributed by atoms with Gasteiger partial charge < -0.3 is 10.1 Å². The second kappa shape index (κ2) is 11.8. The maximum Gasteiger partial charge on any atom is 0.456 e. The molecule has 5 rings (SSSR count). The fourth-order valence-electron chi connectivity index (χ4n) is 4.82. The van der Waals surface area contributed by atoms with Gasteiger partial charge in [0.1, 0.15) is 5.82 Å². The second-order valence-electron chi connectivity index (χ2n) is 9.26. The van der Waals surface area contributed by atoms with Crippen LogP contribution in [-0.2, 0) is 0 Å². The molecular weight excluding hydrogens is 568 g/mol. The molecule has 3 aromatic carbocycles. The molecule has 0 spiro atoms. The molecule has 0 bridgehead atoms. The number of nitrogens with zero attached hydrogens (tertiary/aromatic N) is 3. The minimum atomic E-state index is -4.28. The normalized spacial score (nSPS) is 15.2. The highest BCUT2D eigenvalue weighted by Crippen LogP contribution is 2.38. The first-order valence-electron chi connectivity index (χ1n) is 12.3. The van der Waals surface area contributed by atoms with E-state index in [-0.39, 0.29) is 29.9 Å². The highest BCUT2D eigenvalue weighted by molar-refractivity contribution is 7.97. The molecule has 0 aliphatic carbocycles. The molecule has 39 heavy (non-hydrogen) atoms. The Morgan fingerprint density at radius 3 is 2.00 bits per heavy atom. The Kier molecular flexibility index (Phi) is 8.42. The van der Waals surface area contributed by atoms with Crippen LogP contribution in [0.15, 0.2) is 66.7 Å². The van der Waals surface area contributed by atoms with Gasteiger partial charge in [0.15, 0.2) is 0 Å². The third-order valence-electron chi connectivity index (χ3n) is 6.65. The Bertz CT molecular complexity index is 1380. The summed E-state index contributed by atoms with van der Waals surface area (Å²) in [4.78, 5) is 9.11. The minimum absolute atomic E-state index is 0.0372. The van der Waals surface area contributed by atoms with Crippen molar-refractivity contribution in [3.63, 3.8) is 0 Å². The number of alkyl halides is 3. The van der Waals surface area contributed by atoms with Gasteiger partial charge in [0.2, 0.25) is 0 Å². The van der Waals surface area contributed by atoms with Crippen LogP contribution in [0.25, 0.3) is 10.9 Å². The fourth-order valence-corrected chi connectivity index (χ4v) is 5.76. The van der Waals surface area contributed by atoms with Gasteiger partial charge >= 0.3 is 11.5 Å². The number of halogens is 5. The number of hydrogen-bond donors (Lipinski definition) is 1. The Labute approximate surface area is 238 Å². The van der Waals surface area contributed by atoms with Gasteiger partial charge in [0, 0.05) is 52.4 Å². The van der Waals surface area contributed by atoms with E-state index in [2.05, 4.69) is 21.4 Å². The first-order valence-corrected chi connectivity index (χ1v) is 13.9. The van der Waals surface area contributed by atoms with E-state index in [0.29, 0.717) is 47.3 Å². The molecule has 1 aliphatic heterocycles. The van der Waals surface area contributed by atoms with E-state index in [9.17, 15) is 13.2 Å². The summed E-state index contributed by atoms with van der Waals surface area (Å²) in [7, 11) is 1.50. The monoisotopic (exact) mass is 592 g/mol. The number of methoxy groups -OCH3 is 1. The standard InChI is InChI=1S/C28H25Cl2F3N4OS/c1-38-27-35-24-11-6-19(25(17-2-7-20(29)8-3-17)18-4-9-21(30)10-5-18)16-23(24)26(36-27)34-22-12-14-37(15-13-22)39-28(31,32)33/h2-11,16,22,25H,12-15H2,1H3,(H,34,35,36). The number of ether oxygens (including phenoxy) is 1. The van der Waals surface area contributed by atoms with Crippen molar-refractivity contribution >= 4 is 51.9 Å². The predicted octanol–water partition coefficient (Wildman–Crippen LogP) is 8.17. The van der Waals surface area contributed by atoms with Crippen molar-refractivity contribution in [2.24, 2.45) is 0 Å². The average Bonchev–Trinajstić information content (AvgIpc) is 2.91. The van der Waals surface area contributed by atoms with Crippen LogP contribution in [0.3, 0.4) is 0 Å². The third-order valence-corrected chi connectivity index (χ3v) is 7.98. The van der Waals surface area contributed by atoms with Crippen molar-refractivity contribution in [3.8, 4) is 6.01 Å². The Morgan fingerprint density at radius 1 is 0.897 bits per heavy atom. The molecule has 0 radical (unpaired) electrons. The van der Waals surface area contributed by atoms with Crippen molar-refractivity contribution in [3.05, 3.63) is 93.5 Å². The van der Waals surface area contributed by atoms with Crippen molar-refractivity contribution < 1.29 is 17.9 Å². The first-order chi connectivity index (χ1) is 18.7. The molecule has 1 aromatic heterocycles. The zero-order chi connectivity index (χ0) is 27.6. The number of fused-ring (bicyclic) bond motifs is 1. The van der Waals surface area contributed by atoms with Crippen LogP contribution in [-0.4, -0.2) is 46.0 Å². The van der Waals surface area contributed by atoms with E-state index in [1.807, 2.05) is 60.7 Å². The molecule has 11 heteroatoms. The highest BCUT2D eigenvalue weighted by atomic mass is 35.5. The topological polar surface area (TPSA) is 50.3 Å². The number of hydrogen-bond acceptors (Lipinski definition) is 6. The van der Waals surface area contributed by atoms with Gasteiger partial charge in [-0.1, -0.05) is 53.5 Å². The summed E-state index contributed by atoms with van der Waals surface area (Å²) in [6.45, 7) is 0.644. The summed E-state index contributed by atoms with van der Waals surface area (Å²) < 4.78 is 45.1. The van der Waals surface area contributed by atoms with Crippen LogP contribution in [0.1, 0.15) is 35.4 Å². The summed E-state index contributed by atoms with van der Waals surface area (Å²) in [5.74, 6) is 0.480. The maximum absolute atomic E-state index is 12.8. The zero-order valence-electron chi connectivity index (χ0n) is 20.9. The summed E-state index contributed by atoms with van der Waals surface area (Å²) in [5, 5.41) is 5.56. The van der Waals surface area contributed by atoms with Crippen LogP contribution in [0.2, 0.25) is 10.0 Å². The number of rotatable bonds is 7. The molecular formula is C28H25Cl2F3N4OS. The molecule has 2 heterocycles. The maximum atomic E-state index is 12.8. The Morgan fingerprint density at radius 2 is 1.46 bits per heavy atom. The number of nitrogens with one attached hydrogen (secondary N) is 1. The molecule has 1 aliphatic rings. The fraction of sp³-hybridized carbons (Fsp3) is 0.286. The average molecular weight is 594 g/mol. The van der Waals surface area contributed by atoms with Gasteiger partial charge in [-0.05, 0) is 65.9 Å². The number of aromatic nitrogens is 2. The van der Waals surface area contributed by atoms with Gasteiger partial charge in [-0.2, -0.15) is 23.1 Å². The molecule has 0 unspecified atom stereocenters. The van der Waals surface area contributed by atoms with Crippen LogP contribution >= 0.6 is 35.1 Å². The first kappa shape index (κ1) is 27.8. The van der Waals surface area contributed by atoms with E-state index in [1.54, 1.807) is 0 Å². The van der Waals surface area contributed by atoms with Crippen LogP contribution in [0, 0.1) is 0 Å². The van der Waals surface area contributed by atoms with Gasteiger partial charge in [-0.25, -0.2) is 4.31 Å². The van der Waals surface area contributed by atoms with E-state index >= 15 is 0 Å². The lowest BCUT2D eigenvalue weighted by Gasteiger charge is -2.32. The summed E-state index contributed by atoms with van der Waals surface area (Å²) in [6.07, 6.45) is 1.10. The van der Waals surface area contributed by atoms with Crippen molar-refractivity contribution in [2.75, 3.05) is 25.5 Å². The van der Waals surface area contributed by atoms with Crippen molar-refractivity contribution in [1.82, 2.24) is 14.3 Å². The van der Waals surface area contributed by atoms with Crippen LogP contribution < -0.4 is 10.1 Å². The van der Waals surface area contributed by atoms with Crippen LogP contribution in [0.5, 0.6) is 6.01 Å². The second-order valence-corrected chi connectivity index (χ2v) is 11.3. The van der Waals surface area contributed by atoms with E-state index in [4.69, 9.17) is 27.9 Å². The van der Waals surface area contributed by atoms with Crippen molar-refractivity contribution in [2.45, 2.75) is 30.3 Å². The molecule has 204 valence electrons. The van der Waals surface area contributed by atoms with Crippen molar-refractivity contribution in [1.29, 1.82) is 0 Å². The number of anilines is 1. The summed E-state index contributed by atoms with van der Waals surface area (Å²) in [6, 6.07) is 21.7. The van der Waals surface area contributed by atoms with Gasteiger partial charge in [-0.15, -0.1) is 0 Å². The van der Waals surface area contributed by atoms with E-state index in [1.165, 1.54) is 11.4 Å². The van der Waals surface area contributed by atoms with E-state index < -0.39 is 5.51 Å². The van der Waals surface area contributed by atoms with E-state index in [0.717, 1.165) is 22.1 Å². The lowest BCUT2D eigenvalue weighted by Crippen LogP contribution is -2.37. The zero-order valence-corrected chi connectivity index (χ0v) is 23.2. The lowest BCUT2D eigenvalue weighted by atomic mass is 9.84. The molecule has 0 saturated carbocycles. The SMILES string of the molecule is COc1nc(NC2CCN(SC(F)(F)F)CC2)c2cc(C(c3ccc(Cl)cc3)c3ccc(Cl)cc3)ccc2n1. The molecule has 0 atom stereocenters. The Balaban J connectivity index is 1.50. The van der Waals surface area contributed by atoms with Gasteiger partial charge in [-0.3, -0.25) is 0 Å². The lowest BCUT2D eigenvalue weighted by molar-refractivity contribution is -0.0366. The molecule has 4 aromatic rings. The predicted molar refractivity (Wildman–Crippen MR) is 152 cm³/mol. The smallest absolute Gasteiger partial charge is 0.456 e. The number of piperidine rings is 1. The largest absolute Gasteiger partial charge is 0.467 e. The molecule has 0 amide bonds. The molecule has 1 N–H and O–H groups in total. The minimum Gasteiger partial charge on any atom is -0.467 e. The molecule has 1 saturated heterocycles. The molecule has 1 fully saturated rings. The van der Waals surface area contributed by atoms with Gasteiger partial charge in [0.05, 0.1) is 12.6 Å². The quantitative estimate of drug-likeness (QED) is 0.172. The molecule has 5 nitrogen and oxygen atoms in total. The summed E-state index contributed by atoms with van der Waals surface area (Å²) >= 11 is 12.3. The Hall–Kier alpha value is -2.72. The third kappa shape index (κ3) is 6.90. The van der Waals surface area contributed by atoms with Gasteiger partial charge in [0.25, 0.3) is 0 Å². The van der Waals surface area contributed by atoms with Crippen LogP contribution in [0.4, 0.5) is 19.0 Å². The summed E-state index contributed by atoms with van der Waals surface area (Å²) in [5.41, 5.74) is -0.457. The highest BCUT2D eigenvalue weighted by Gasteiger charge is 2.34. The number of benzene rings is 3.